The molecule has 0 aromatic heterocycles. The highest BCUT2D eigenvalue weighted by Crippen LogP contribution is 2.33. The molecule has 1 saturated heterocycles. The van der Waals surface area contributed by atoms with Crippen LogP contribution in [-0.4, -0.2) is 55.2 Å². The Hall–Kier alpha value is -0.0800. The number of piperazine rings is 1. The fourth-order valence-corrected chi connectivity index (χ4v) is 4.04. The van der Waals surface area contributed by atoms with E-state index in [0.29, 0.717) is 0 Å². The average Bonchev–Trinajstić information content (AvgIpc) is 3.15. The van der Waals surface area contributed by atoms with Gasteiger partial charge in [-0.25, -0.2) is 0 Å². The molecule has 1 heterocycles. The number of likely N-dealkylation sites (N-methyl/N-ethyl adjacent to an activating group) is 1. The monoisotopic (exact) mass is 251 g/mol. The maximum Gasteiger partial charge on any atom is 0.0914 e. The third kappa shape index (κ3) is 3.08. The molecule has 0 radical (unpaired) electrons. The normalized spacial score (nSPS) is 37.7. The third-order valence-corrected chi connectivity index (χ3v) is 5.75. The first-order chi connectivity index (χ1) is 8.65. The van der Waals surface area contributed by atoms with Crippen LogP contribution in [0.15, 0.2) is 0 Å². The quantitative estimate of drug-likeness (QED) is 0.697. The van der Waals surface area contributed by atoms with Gasteiger partial charge in [0.2, 0.25) is 0 Å². The lowest BCUT2D eigenvalue weighted by Gasteiger charge is -2.46. The van der Waals surface area contributed by atoms with Crippen molar-refractivity contribution in [1.29, 1.82) is 0 Å². The molecule has 104 valence electrons. The molecular weight excluding hydrogens is 220 g/mol. The Morgan fingerprint density at radius 3 is 2.11 bits per heavy atom. The van der Waals surface area contributed by atoms with E-state index in [9.17, 15) is 0 Å². The van der Waals surface area contributed by atoms with E-state index in [-0.39, 0.29) is 0 Å². The Balaban J connectivity index is 1.47. The maximum atomic E-state index is 2.82. The van der Waals surface area contributed by atoms with Gasteiger partial charge in [0.1, 0.15) is 0 Å². The van der Waals surface area contributed by atoms with Crippen LogP contribution in [0.1, 0.15) is 45.4 Å². The molecule has 0 spiro atoms. The first kappa shape index (κ1) is 12.9. The van der Waals surface area contributed by atoms with Crippen LogP contribution in [-0.2, 0) is 0 Å². The highest BCUT2D eigenvalue weighted by Gasteiger charge is 2.37. The zero-order valence-electron chi connectivity index (χ0n) is 12.4. The Morgan fingerprint density at radius 2 is 1.56 bits per heavy atom. The van der Waals surface area contributed by atoms with Crippen molar-refractivity contribution in [2.45, 2.75) is 51.5 Å². The minimum atomic E-state index is 0.927. The van der Waals surface area contributed by atoms with E-state index < -0.39 is 0 Å². The minimum Gasteiger partial charge on any atom is -0.324 e. The first-order valence-corrected chi connectivity index (χ1v) is 8.22. The van der Waals surface area contributed by atoms with Crippen LogP contribution in [0.25, 0.3) is 0 Å². The molecule has 0 unspecified atom stereocenters. The topological polar surface area (TPSA) is 3.24 Å². The number of rotatable bonds is 3. The summed E-state index contributed by atoms with van der Waals surface area (Å²) in [6, 6.07) is 0.927. The van der Waals surface area contributed by atoms with Gasteiger partial charge >= 0.3 is 0 Å². The molecule has 2 nitrogen and oxygen atoms in total. The molecule has 0 aromatic carbocycles. The van der Waals surface area contributed by atoms with E-state index in [4.69, 9.17) is 0 Å². The van der Waals surface area contributed by atoms with Crippen LogP contribution in [0, 0.1) is 11.8 Å². The van der Waals surface area contributed by atoms with Crippen molar-refractivity contribution in [1.82, 2.24) is 4.90 Å². The summed E-state index contributed by atoms with van der Waals surface area (Å²) in [5.41, 5.74) is 0. The van der Waals surface area contributed by atoms with Crippen LogP contribution in [0.5, 0.6) is 0 Å². The van der Waals surface area contributed by atoms with Gasteiger partial charge in [-0.1, -0.05) is 6.92 Å². The molecule has 3 fully saturated rings. The highest BCUT2D eigenvalue weighted by molar-refractivity contribution is 4.80. The van der Waals surface area contributed by atoms with Crippen molar-refractivity contribution in [2.24, 2.45) is 11.8 Å². The van der Waals surface area contributed by atoms with Crippen LogP contribution < -0.4 is 0 Å². The van der Waals surface area contributed by atoms with Crippen LogP contribution in [0.4, 0.5) is 0 Å². The molecule has 2 saturated carbocycles. The summed E-state index contributed by atoms with van der Waals surface area (Å²) in [5, 5.41) is 0. The van der Waals surface area contributed by atoms with Crippen LogP contribution >= 0.6 is 0 Å². The lowest BCUT2D eigenvalue weighted by molar-refractivity contribution is -0.915. The zero-order chi connectivity index (χ0) is 12.6. The molecule has 0 atom stereocenters. The largest absolute Gasteiger partial charge is 0.324 e. The van der Waals surface area contributed by atoms with Crippen molar-refractivity contribution in [3.63, 3.8) is 0 Å². The fraction of sp³-hybridized carbons (Fsp3) is 1.00. The Morgan fingerprint density at radius 1 is 0.944 bits per heavy atom. The lowest BCUT2D eigenvalue weighted by atomic mass is 9.86. The maximum absolute atomic E-state index is 2.82. The summed E-state index contributed by atoms with van der Waals surface area (Å²) in [7, 11) is 2.50. The standard InChI is InChI=1S/C16H31N2/c1-14-3-7-16(8-4-14)17-9-11-18(2,12-10-17)13-15-5-6-15/h14-16H,3-13H2,1-2H3/q+1. The van der Waals surface area contributed by atoms with Crippen LogP contribution in [0.3, 0.4) is 0 Å². The molecule has 0 bridgehead atoms. The van der Waals surface area contributed by atoms with E-state index in [2.05, 4.69) is 18.9 Å². The van der Waals surface area contributed by atoms with Gasteiger partial charge in [0.05, 0.1) is 26.7 Å². The number of hydrogen-bond acceptors (Lipinski definition) is 1. The predicted molar refractivity (Wildman–Crippen MR) is 76.5 cm³/mol. The lowest BCUT2D eigenvalue weighted by Crippen LogP contribution is -2.60. The number of hydrogen-bond donors (Lipinski definition) is 0. The summed E-state index contributed by atoms with van der Waals surface area (Å²) in [6.07, 6.45) is 8.89. The summed E-state index contributed by atoms with van der Waals surface area (Å²) < 4.78 is 1.37. The van der Waals surface area contributed by atoms with E-state index in [0.717, 1.165) is 17.9 Å². The highest BCUT2D eigenvalue weighted by atomic mass is 15.4. The van der Waals surface area contributed by atoms with E-state index >= 15 is 0 Å². The summed E-state index contributed by atoms with van der Waals surface area (Å²) in [5.74, 6) is 2.07. The molecule has 3 aliphatic rings. The summed E-state index contributed by atoms with van der Waals surface area (Å²) >= 11 is 0. The third-order valence-electron chi connectivity index (χ3n) is 5.75. The van der Waals surface area contributed by atoms with Gasteiger partial charge in [-0.3, -0.25) is 4.90 Å². The van der Waals surface area contributed by atoms with Crippen LogP contribution in [0.2, 0.25) is 0 Å². The summed E-state index contributed by atoms with van der Waals surface area (Å²) in [6.45, 7) is 9.43. The second kappa shape index (κ2) is 5.13. The zero-order valence-corrected chi connectivity index (χ0v) is 12.4. The molecule has 0 aromatic rings. The molecule has 0 amide bonds. The van der Waals surface area contributed by atoms with Gasteiger partial charge in [-0.05, 0) is 44.4 Å². The number of nitrogens with zero attached hydrogens (tertiary/aromatic N) is 2. The fourth-order valence-electron chi connectivity index (χ4n) is 4.04. The van der Waals surface area contributed by atoms with Crippen molar-refractivity contribution in [2.75, 3.05) is 39.8 Å². The molecule has 2 aliphatic carbocycles. The van der Waals surface area contributed by atoms with Gasteiger partial charge in [0.15, 0.2) is 0 Å². The van der Waals surface area contributed by atoms with Gasteiger partial charge in [0, 0.05) is 25.0 Å². The second-order valence-electron chi connectivity index (χ2n) is 7.64. The van der Waals surface area contributed by atoms with Crippen molar-refractivity contribution in [3.8, 4) is 0 Å². The molecule has 3 rings (SSSR count). The van der Waals surface area contributed by atoms with Gasteiger partial charge in [-0.2, -0.15) is 0 Å². The molecular formula is C16H31N2+. The minimum absolute atomic E-state index is 0.927. The SMILES string of the molecule is CC1CCC(N2CC[N+](C)(CC3CC3)CC2)CC1. The van der Waals surface area contributed by atoms with Crippen molar-refractivity contribution in [3.05, 3.63) is 0 Å². The van der Waals surface area contributed by atoms with E-state index in [1.165, 1.54) is 75.7 Å². The molecule has 18 heavy (non-hydrogen) atoms. The van der Waals surface area contributed by atoms with Gasteiger partial charge in [-0.15, -0.1) is 0 Å². The number of quaternary nitrogens is 1. The first-order valence-electron chi connectivity index (χ1n) is 8.22. The van der Waals surface area contributed by atoms with Gasteiger partial charge < -0.3 is 4.48 Å². The summed E-state index contributed by atoms with van der Waals surface area (Å²) in [4.78, 5) is 2.82. The molecule has 0 N–H and O–H groups in total. The van der Waals surface area contributed by atoms with E-state index in [1.54, 1.807) is 0 Å². The van der Waals surface area contributed by atoms with Crippen molar-refractivity contribution >= 4 is 0 Å². The predicted octanol–water partition coefficient (Wildman–Crippen LogP) is 2.74. The van der Waals surface area contributed by atoms with E-state index in [1.807, 2.05) is 0 Å². The Kier molecular flexibility index (Phi) is 3.68. The van der Waals surface area contributed by atoms with Crippen molar-refractivity contribution < 1.29 is 4.48 Å². The second-order valence-corrected chi connectivity index (χ2v) is 7.64. The molecule has 1 aliphatic heterocycles. The Bertz CT molecular complexity index is 269. The average molecular weight is 251 g/mol. The smallest absolute Gasteiger partial charge is 0.0914 e. The van der Waals surface area contributed by atoms with Gasteiger partial charge in [0.25, 0.3) is 0 Å². The Labute approximate surface area is 113 Å². The molecule has 2 heteroatoms.